The first-order chi connectivity index (χ1) is 8.83. The van der Waals surface area contributed by atoms with Crippen molar-refractivity contribution in [3.8, 4) is 11.6 Å². The van der Waals surface area contributed by atoms with Crippen LogP contribution >= 0.6 is 0 Å². The summed E-state index contributed by atoms with van der Waals surface area (Å²) in [4.78, 5) is 4.29. The minimum absolute atomic E-state index is 0.102. The number of benzene rings is 1. The third-order valence-electron chi connectivity index (χ3n) is 2.55. The fourth-order valence-electron chi connectivity index (χ4n) is 1.65. The van der Waals surface area contributed by atoms with E-state index in [2.05, 4.69) is 10.3 Å². The number of aromatic nitrogens is 1. The van der Waals surface area contributed by atoms with Crippen molar-refractivity contribution in [2.24, 2.45) is 0 Å². The highest BCUT2D eigenvalue weighted by Gasteiger charge is 2.05. The van der Waals surface area contributed by atoms with Crippen LogP contribution in [0.2, 0.25) is 0 Å². The molecule has 0 aliphatic heterocycles. The van der Waals surface area contributed by atoms with Gasteiger partial charge in [0, 0.05) is 19.7 Å². The molecule has 2 rings (SSSR count). The van der Waals surface area contributed by atoms with Crippen LogP contribution in [0.25, 0.3) is 0 Å². The van der Waals surface area contributed by atoms with Gasteiger partial charge in [0.1, 0.15) is 11.6 Å². The molecule has 0 saturated heterocycles. The molecular formula is C14H16N2O2. The minimum Gasteiger partial charge on any atom is -0.439 e. The molecule has 0 radical (unpaired) electrons. The van der Waals surface area contributed by atoms with Gasteiger partial charge in [-0.25, -0.2) is 0 Å². The summed E-state index contributed by atoms with van der Waals surface area (Å²) >= 11 is 0. The van der Waals surface area contributed by atoms with Crippen LogP contribution < -0.4 is 10.1 Å². The van der Waals surface area contributed by atoms with Crippen LogP contribution in [0.4, 0.5) is 5.82 Å². The Morgan fingerprint density at radius 1 is 1.17 bits per heavy atom. The molecule has 1 aromatic carbocycles. The summed E-state index contributed by atoms with van der Waals surface area (Å²) in [6.07, 6.45) is 0.571. The quantitative estimate of drug-likeness (QED) is 0.848. The Hall–Kier alpha value is -2.07. The number of para-hydroxylation sites is 1. The second kappa shape index (κ2) is 6.02. The van der Waals surface area contributed by atoms with Crippen molar-refractivity contribution < 1.29 is 9.84 Å². The molecule has 18 heavy (non-hydrogen) atoms. The van der Waals surface area contributed by atoms with Gasteiger partial charge >= 0.3 is 0 Å². The first-order valence-corrected chi connectivity index (χ1v) is 5.85. The average Bonchev–Trinajstić information content (AvgIpc) is 2.41. The molecule has 0 aliphatic rings. The van der Waals surface area contributed by atoms with E-state index in [1.54, 1.807) is 6.07 Å². The molecule has 4 nitrogen and oxygen atoms in total. The molecule has 4 heteroatoms. The van der Waals surface area contributed by atoms with Crippen molar-refractivity contribution in [1.29, 1.82) is 0 Å². The van der Waals surface area contributed by atoms with Crippen molar-refractivity contribution in [2.75, 3.05) is 19.0 Å². The molecule has 0 aliphatic carbocycles. The number of hydrogen-bond donors (Lipinski definition) is 2. The topological polar surface area (TPSA) is 54.4 Å². The number of pyridine rings is 1. The fraction of sp³-hybridized carbons (Fsp3) is 0.214. The van der Waals surface area contributed by atoms with Gasteiger partial charge in [-0.1, -0.05) is 24.3 Å². The van der Waals surface area contributed by atoms with Crippen LogP contribution in [0, 0.1) is 0 Å². The maximum Gasteiger partial charge on any atom is 0.221 e. The van der Waals surface area contributed by atoms with Gasteiger partial charge in [0.2, 0.25) is 5.88 Å². The maximum atomic E-state index is 9.01. The molecule has 2 N–H and O–H groups in total. The van der Waals surface area contributed by atoms with E-state index in [1.165, 1.54) is 0 Å². The van der Waals surface area contributed by atoms with Gasteiger partial charge < -0.3 is 15.2 Å². The second-order valence-corrected chi connectivity index (χ2v) is 3.79. The van der Waals surface area contributed by atoms with Crippen molar-refractivity contribution in [1.82, 2.24) is 4.98 Å². The SMILES string of the molecule is CNc1cccc(Oc2ccccc2CCO)n1. The van der Waals surface area contributed by atoms with Gasteiger partial charge in [-0.05, 0) is 24.1 Å². The van der Waals surface area contributed by atoms with Crippen molar-refractivity contribution in [3.05, 3.63) is 48.0 Å². The Balaban J connectivity index is 2.22. The Morgan fingerprint density at radius 2 is 2.00 bits per heavy atom. The van der Waals surface area contributed by atoms with E-state index < -0.39 is 0 Å². The molecular weight excluding hydrogens is 228 g/mol. The molecule has 0 fully saturated rings. The number of anilines is 1. The number of nitrogens with zero attached hydrogens (tertiary/aromatic N) is 1. The summed E-state index contributed by atoms with van der Waals surface area (Å²) in [6, 6.07) is 13.2. The van der Waals surface area contributed by atoms with Crippen LogP contribution in [-0.4, -0.2) is 23.7 Å². The van der Waals surface area contributed by atoms with Crippen molar-refractivity contribution in [2.45, 2.75) is 6.42 Å². The average molecular weight is 244 g/mol. The standard InChI is InChI=1S/C14H16N2O2/c1-15-13-7-4-8-14(16-13)18-12-6-3-2-5-11(12)9-10-17/h2-8,17H,9-10H2,1H3,(H,15,16). The maximum absolute atomic E-state index is 9.01. The summed E-state index contributed by atoms with van der Waals surface area (Å²) in [7, 11) is 1.81. The Labute approximate surface area is 106 Å². The van der Waals surface area contributed by atoms with Crippen LogP contribution in [0.15, 0.2) is 42.5 Å². The number of aliphatic hydroxyl groups excluding tert-OH is 1. The van der Waals surface area contributed by atoms with Crippen LogP contribution in [0.5, 0.6) is 11.6 Å². The molecule has 0 amide bonds. The lowest BCUT2D eigenvalue weighted by Crippen LogP contribution is -1.97. The van der Waals surface area contributed by atoms with Crippen molar-refractivity contribution >= 4 is 5.82 Å². The van der Waals surface area contributed by atoms with E-state index in [0.717, 1.165) is 17.1 Å². The van der Waals surface area contributed by atoms with E-state index in [1.807, 2.05) is 43.4 Å². The predicted octanol–water partition coefficient (Wildman–Crippen LogP) is 2.45. The molecule has 1 heterocycles. The Morgan fingerprint density at radius 3 is 2.78 bits per heavy atom. The highest BCUT2D eigenvalue weighted by Crippen LogP contribution is 2.24. The predicted molar refractivity (Wildman–Crippen MR) is 71.1 cm³/mol. The third kappa shape index (κ3) is 2.99. The fourth-order valence-corrected chi connectivity index (χ4v) is 1.65. The van der Waals surface area contributed by atoms with E-state index in [4.69, 9.17) is 9.84 Å². The summed E-state index contributed by atoms with van der Waals surface area (Å²) in [5.74, 6) is 2.02. The highest BCUT2D eigenvalue weighted by atomic mass is 16.5. The number of ether oxygens (including phenoxy) is 1. The molecule has 0 unspecified atom stereocenters. The molecule has 0 saturated carbocycles. The number of hydrogen-bond acceptors (Lipinski definition) is 4. The number of aliphatic hydroxyl groups is 1. The lowest BCUT2D eigenvalue weighted by atomic mass is 10.1. The molecule has 2 aromatic rings. The van der Waals surface area contributed by atoms with Gasteiger partial charge in [-0.2, -0.15) is 4.98 Å². The smallest absolute Gasteiger partial charge is 0.221 e. The van der Waals surface area contributed by atoms with E-state index in [-0.39, 0.29) is 6.61 Å². The largest absolute Gasteiger partial charge is 0.439 e. The zero-order valence-electron chi connectivity index (χ0n) is 10.3. The first-order valence-electron chi connectivity index (χ1n) is 5.85. The van der Waals surface area contributed by atoms with Gasteiger partial charge in [0.25, 0.3) is 0 Å². The summed E-state index contributed by atoms with van der Waals surface area (Å²) in [6.45, 7) is 0.102. The monoisotopic (exact) mass is 244 g/mol. The highest BCUT2D eigenvalue weighted by molar-refractivity contribution is 5.40. The molecule has 1 aromatic heterocycles. The summed E-state index contributed by atoms with van der Waals surface area (Å²) in [5, 5.41) is 12.0. The normalized spacial score (nSPS) is 10.1. The minimum atomic E-state index is 0.102. The zero-order chi connectivity index (χ0) is 12.8. The Kier molecular flexibility index (Phi) is 4.15. The van der Waals surface area contributed by atoms with Crippen LogP contribution in [-0.2, 0) is 6.42 Å². The van der Waals surface area contributed by atoms with E-state index >= 15 is 0 Å². The lowest BCUT2D eigenvalue weighted by molar-refractivity contribution is 0.297. The molecule has 0 spiro atoms. The van der Waals surface area contributed by atoms with Gasteiger partial charge in [-0.3, -0.25) is 0 Å². The molecule has 0 bridgehead atoms. The second-order valence-electron chi connectivity index (χ2n) is 3.79. The van der Waals surface area contributed by atoms with Crippen LogP contribution in [0.1, 0.15) is 5.56 Å². The number of nitrogens with one attached hydrogen (secondary N) is 1. The lowest BCUT2D eigenvalue weighted by Gasteiger charge is -2.10. The van der Waals surface area contributed by atoms with Gasteiger partial charge in [-0.15, -0.1) is 0 Å². The zero-order valence-corrected chi connectivity index (χ0v) is 10.3. The van der Waals surface area contributed by atoms with E-state index in [9.17, 15) is 0 Å². The molecule has 94 valence electrons. The van der Waals surface area contributed by atoms with Crippen molar-refractivity contribution in [3.63, 3.8) is 0 Å². The first kappa shape index (κ1) is 12.4. The Bertz CT molecular complexity index is 515. The summed E-state index contributed by atoms with van der Waals surface area (Å²) < 4.78 is 5.74. The van der Waals surface area contributed by atoms with Gasteiger partial charge in [0.15, 0.2) is 0 Å². The van der Waals surface area contributed by atoms with Crippen LogP contribution in [0.3, 0.4) is 0 Å². The summed E-state index contributed by atoms with van der Waals surface area (Å²) in [5.41, 5.74) is 0.969. The van der Waals surface area contributed by atoms with Gasteiger partial charge in [0.05, 0.1) is 0 Å². The molecule has 0 atom stereocenters. The van der Waals surface area contributed by atoms with E-state index in [0.29, 0.717) is 12.3 Å². The third-order valence-corrected chi connectivity index (χ3v) is 2.55. The number of rotatable bonds is 5.